The number of hydrogen-bond acceptors (Lipinski definition) is 2. The van der Waals surface area contributed by atoms with Crippen LogP contribution in [-0.4, -0.2) is 12.6 Å². The van der Waals surface area contributed by atoms with Crippen LogP contribution in [0.15, 0.2) is 23.3 Å². The minimum absolute atomic E-state index is 0.208. The summed E-state index contributed by atoms with van der Waals surface area (Å²) in [6, 6.07) is 0. The van der Waals surface area contributed by atoms with Gasteiger partial charge in [0.05, 0.1) is 6.61 Å². The second kappa shape index (κ2) is 9.03. The van der Waals surface area contributed by atoms with Gasteiger partial charge in [-0.25, -0.2) is 4.79 Å². The topological polar surface area (TPSA) is 26.3 Å². The van der Waals surface area contributed by atoms with Crippen LogP contribution in [-0.2, 0) is 9.53 Å². The summed E-state index contributed by atoms with van der Waals surface area (Å²) in [5, 5.41) is 0. The van der Waals surface area contributed by atoms with Crippen molar-refractivity contribution in [2.24, 2.45) is 5.92 Å². The van der Waals surface area contributed by atoms with E-state index < -0.39 is 0 Å². The number of carbonyl (C=O) groups is 1. The number of carbonyl (C=O) groups excluding carboxylic acids is 1. The molecule has 0 amide bonds. The Balaban J connectivity index is 3.94. The summed E-state index contributed by atoms with van der Waals surface area (Å²) in [5.74, 6) is 0.235. The molecule has 0 aromatic heterocycles. The fourth-order valence-electron chi connectivity index (χ4n) is 1.25. The van der Waals surface area contributed by atoms with Crippen LogP contribution in [0.1, 0.15) is 53.9 Å². The molecule has 1 atom stereocenters. The molecule has 0 aliphatic heterocycles. The average Bonchev–Trinajstić information content (AvgIpc) is 2.25. The molecule has 98 valence electrons. The highest BCUT2D eigenvalue weighted by Crippen LogP contribution is 2.07. The van der Waals surface area contributed by atoms with Crippen LogP contribution in [0.4, 0.5) is 0 Å². The second-order valence-corrected chi connectivity index (χ2v) is 4.95. The third-order valence-electron chi connectivity index (χ3n) is 2.66. The molecule has 0 radical (unpaired) electrons. The molecule has 1 unspecified atom stereocenters. The lowest BCUT2D eigenvalue weighted by atomic mass is 10.1. The smallest absolute Gasteiger partial charge is 0.330 e. The molecule has 0 aromatic carbocycles. The fraction of sp³-hybridized carbons (Fsp3) is 0.667. The summed E-state index contributed by atoms with van der Waals surface area (Å²) in [6.07, 6.45) is 6.74. The molecule has 0 fully saturated rings. The zero-order valence-corrected chi connectivity index (χ0v) is 11.9. The zero-order chi connectivity index (χ0) is 13.3. The molecular weight excluding hydrogens is 212 g/mol. The lowest BCUT2D eigenvalue weighted by Gasteiger charge is -2.08. The predicted octanol–water partition coefficient (Wildman–Crippen LogP) is 4.27. The highest BCUT2D eigenvalue weighted by molar-refractivity contribution is 5.82. The number of rotatable bonds is 7. The van der Waals surface area contributed by atoms with Crippen LogP contribution in [0, 0.1) is 5.92 Å². The quantitative estimate of drug-likeness (QED) is 0.376. The monoisotopic (exact) mass is 238 g/mol. The molecule has 0 N–H and O–H groups in total. The Bertz CT molecular complexity index is 283. The molecule has 0 bridgehead atoms. The van der Waals surface area contributed by atoms with E-state index in [1.165, 1.54) is 5.57 Å². The minimum atomic E-state index is -0.208. The van der Waals surface area contributed by atoms with E-state index in [4.69, 9.17) is 4.74 Å². The lowest BCUT2D eigenvalue weighted by molar-refractivity contribution is -0.139. The van der Waals surface area contributed by atoms with E-state index in [1.807, 2.05) is 6.92 Å². The molecule has 0 heterocycles. The van der Waals surface area contributed by atoms with Crippen LogP contribution in [0.2, 0.25) is 0 Å². The molecule has 0 rings (SSSR count). The Kier molecular flexibility index (Phi) is 8.47. The maximum Gasteiger partial charge on any atom is 0.330 e. The van der Waals surface area contributed by atoms with Crippen molar-refractivity contribution >= 4 is 5.97 Å². The van der Waals surface area contributed by atoms with Crippen molar-refractivity contribution in [2.75, 3.05) is 6.61 Å². The largest absolute Gasteiger partial charge is 0.462 e. The molecule has 2 heteroatoms. The molecule has 2 nitrogen and oxygen atoms in total. The Morgan fingerprint density at radius 3 is 2.47 bits per heavy atom. The highest BCUT2D eigenvalue weighted by atomic mass is 16.5. The molecule has 0 saturated carbocycles. The maximum atomic E-state index is 11.5. The molecule has 0 spiro atoms. The van der Waals surface area contributed by atoms with Gasteiger partial charge >= 0.3 is 5.97 Å². The van der Waals surface area contributed by atoms with Gasteiger partial charge in [0.15, 0.2) is 0 Å². The fourth-order valence-corrected chi connectivity index (χ4v) is 1.25. The van der Waals surface area contributed by atoms with E-state index in [-0.39, 0.29) is 5.97 Å². The highest BCUT2D eigenvalue weighted by Gasteiger charge is 2.03. The van der Waals surface area contributed by atoms with E-state index >= 15 is 0 Å². The average molecular weight is 238 g/mol. The van der Waals surface area contributed by atoms with Crippen molar-refractivity contribution in [3.8, 4) is 0 Å². The van der Waals surface area contributed by atoms with Crippen molar-refractivity contribution in [3.63, 3.8) is 0 Å². The number of esters is 1. The van der Waals surface area contributed by atoms with Crippen molar-refractivity contribution < 1.29 is 9.53 Å². The van der Waals surface area contributed by atoms with Crippen LogP contribution in [0.5, 0.6) is 0 Å². The molecule has 0 aromatic rings. The number of hydrogen-bond donors (Lipinski definition) is 0. The van der Waals surface area contributed by atoms with Gasteiger partial charge in [-0.2, -0.15) is 0 Å². The van der Waals surface area contributed by atoms with E-state index in [0.717, 1.165) is 24.8 Å². The van der Waals surface area contributed by atoms with Crippen LogP contribution in [0.25, 0.3) is 0 Å². The molecule has 0 aliphatic rings. The van der Waals surface area contributed by atoms with Crippen molar-refractivity contribution in [2.45, 2.75) is 53.9 Å². The summed E-state index contributed by atoms with van der Waals surface area (Å²) in [6.45, 7) is 10.8. The summed E-state index contributed by atoms with van der Waals surface area (Å²) in [7, 11) is 0. The molecule has 0 saturated heterocycles. The van der Waals surface area contributed by atoms with Gasteiger partial charge in [-0.3, -0.25) is 0 Å². The summed E-state index contributed by atoms with van der Waals surface area (Å²) in [5.41, 5.74) is 2.40. The number of ether oxygens (including phenoxy) is 1. The normalized spacial score (nSPS) is 13.1. The van der Waals surface area contributed by atoms with E-state index in [0.29, 0.717) is 12.5 Å². The second-order valence-electron chi connectivity index (χ2n) is 4.95. The van der Waals surface area contributed by atoms with Crippen LogP contribution >= 0.6 is 0 Å². The lowest BCUT2D eigenvalue weighted by Crippen LogP contribution is -2.09. The Labute approximate surface area is 106 Å². The van der Waals surface area contributed by atoms with E-state index in [9.17, 15) is 4.79 Å². The first-order valence-electron chi connectivity index (χ1n) is 6.43. The standard InChI is InChI=1S/C15H26O2/c1-6-13(4)11-17-15(16)10-14(5)9-7-8-12(2)3/h8,10,13H,6-7,9,11H2,1-5H3/b14-10+. The van der Waals surface area contributed by atoms with Gasteiger partial charge < -0.3 is 4.74 Å². The third-order valence-corrected chi connectivity index (χ3v) is 2.66. The Morgan fingerprint density at radius 2 is 1.94 bits per heavy atom. The summed E-state index contributed by atoms with van der Waals surface area (Å²) >= 11 is 0. The van der Waals surface area contributed by atoms with Crippen molar-refractivity contribution in [1.29, 1.82) is 0 Å². The van der Waals surface area contributed by atoms with Gasteiger partial charge in [-0.05, 0) is 39.5 Å². The molecular formula is C15H26O2. The Hall–Kier alpha value is -1.05. The van der Waals surface area contributed by atoms with E-state index in [1.54, 1.807) is 6.08 Å². The van der Waals surface area contributed by atoms with Gasteiger partial charge in [-0.15, -0.1) is 0 Å². The first kappa shape index (κ1) is 16.0. The van der Waals surface area contributed by atoms with Crippen LogP contribution in [0.3, 0.4) is 0 Å². The van der Waals surface area contributed by atoms with E-state index in [2.05, 4.69) is 33.8 Å². The van der Waals surface area contributed by atoms with Gasteiger partial charge in [0.1, 0.15) is 0 Å². The van der Waals surface area contributed by atoms with Gasteiger partial charge in [0, 0.05) is 6.08 Å². The predicted molar refractivity (Wildman–Crippen MR) is 72.8 cm³/mol. The first-order valence-corrected chi connectivity index (χ1v) is 6.43. The van der Waals surface area contributed by atoms with Crippen LogP contribution < -0.4 is 0 Å². The van der Waals surface area contributed by atoms with Gasteiger partial charge in [0.2, 0.25) is 0 Å². The zero-order valence-electron chi connectivity index (χ0n) is 11.9. The van der Waals surface area contributed by atoms with Gasteiger partial charge in [-0.1, -0.05) is 37.5 Å². The Morgan fingerprint density at radius 1 is 1.29 bits per heavy atom. The number of allylic oxidation sites excluding steroid dienone is 3. The van der Waals surface area contributed by atoms with Gasteiger partial charge in [0.25, 0.3) is 0 Å². The summed E-state index contributed by atoms with van der Waals surface area (Å²) < 4.78 is 5.16. The minimum Gasteiger partial charge on any atom is -0.462 e. The molecule has 0 aliphatic carbocycles. The molecule has 17 heavy (non-hydrogen) atoms. The summed E-state index contributed by atoms with van der Waals surface area (Å²) in [4.78, 5) is 11.5. The van der Waals surface area contributed by atoms with Crippen molar-refractivity contribution in [1.82, 2.24) is 0 Å². The third kappa shape index (κ3) is 9.86. The van der Waals surface area contributed by atoms with Crippen molar-refractivity contribution in [3.05, 3.63) is 23.3 Å². The maximum absolute atomic E-state index is 11.5. The first-order chi connectivity index (χ1) is 7.95. The SMILES string of the molecule is CCC(C)COC(=O)/C=C(\C)CCC=C(C)C.